The molecular weight excluding hydrogens is 306 g/mol. The Morgan fingerprint density at radius 2 is 1.92 bits per heavy atom. The van der Waals surface area contributed by atoms with E-state index in [2.05, 4.69) is 5.32 Å². The van der Waals surface area contributed by atoms with Gasteiger partial charge in [0.25, 0.3) is 5.91 Å². The highest BCUT2D eigenvalue weighted by Gasteiger charge is 2.24. The van der Waals surface area contributed by atoms with E-state index in [9.17, 15) is 14.7 Å². The first-order chi connectivity index (χ1) is 11.6. The van der Waals surface area contributed by atoms with Gasteiger partial charge in [-0.1, -0.05) is 18.2 Å². The minimum Gasteiger partial charge on any atom is -0.497 e. The summed E-state index contributed by atoms with van der Waals surface area (Å²) in [5, 5.41) is 12.1. The predicted octanol–water partition coefficient (Wildman–Crippen LogP) is 2.74. The lowest BCUT2D eigenvalue weighted by atomic mass is 10.0. The van der Waals surface area contributed by atoms with Crippen LogP contribution in [0.2, 0.25) is 0 Å². The fraction of sp³-hybridized carbons (Fsp3) is 0.263. The standard InChI is InChI=1S/C19H19NO4/c1-24-16-7-3-6-14(11-16)17(19(22)23)20-18(21)15-9-8-12-4-2-5-13(12)10-15/h3,6-11,17H,2,4-5H2,1H3,(H,20,21)(H,22,23). The molecule has 1 atom stereocenters. The number of methoxy groups -OCH3 is 1. The van der Waals surface area contributed by atoms with E-state index in [1.54, 1.807) is 30.3 Å². The van der Waals surface area contributed by atoms with Crippen molar-refractivity contribution in [2.45, 2.75) is 25.3 Å². The fourth-order valence-electron chi connectivity index (χ4n) is 3.04. The molecule has 5 nitrogen and oxygen atoms in total. The van der Waals surface area contributed by atoms with Crippen molar-refractivity contribution in [2.24, 2.45) is 0 Å². The maximum Gasteiger partial charge on any atom is 0.330 e. The number of hydrogen-bond donors (Lipinski definition) is 2. The summed E-state index contributed by atoms with van der Waals surface area (Å²) >= 11 is 0. The second kappa shape index (κ2) is 6.74. The van der Waals surface area contributed by atoms with Crippen molar-refractivity contribution in [2.75, 3.05) is 7.11 Å². The van der Waals surface area contributed by atoms with Crippen molar-refractivity contribution in [3.63, 3.8) is 0 Å². The molecule has 0 heterocycles. The number of fused-ring (bicyclic) bond motifs is 1. The van der Waals surface area contributed by atoms with Crippen molar-refractivity contribution in [3.05, 3.63) is 64.7 Å². The predicted molar refractivity (Wildman–Crippen MR) is 89.3 cm³/mol. The number of ether oxygens (including phenoxy) is 1. The van der Waals surface area contributed by atoms with Gasteiger partial charge >= 0.3 is 5.97 Å². The van der Waals surface area contributed by atoms with Gasteiger partial charge < -0.3 is 15.2 Å². The Morgan fingerprint density at radius 3 is 2.67 bits per heavy atom. The minimum absolute atomic E-state index is 0.389. The number of amides is 1. The third kappa shape index (κ3) is 3.25. The maximum absolute atomic E-state index is 12.5. The summed E-state index contributed by atoms with van der Waals surface area (Å²) in [4.78, 5) is 24.1. The highest BCUT2D eigenvalue weighted by Crippen LogP contribution is 2.24. The van der Waals surface area contributed by atoms with Gasteiger partial charge in [0.2, 0.25) is 0 Å². The number of hydrogen-bond acceptors (Lipinski definition) is 3. The molecule has 24 heavy (non-hydrogen) atoms. The van der Waals surface area contributed by atoms with Crippen molar-refractivity contribution in [3.8, 4) is 5.75 Å². The van der Waals surface area contributed by atoms with E-state index in [1.165, 1.54) is 18.2 Å². The Hall–Kier alpha value is -2.82. The zero-order valence-electron chi connectivity index (χ0n) is 13.4. The van der Waals surface area contributed by atoms with Crippen LogP contribution < -0.4 is 10.1 Å². The lowest BCUT2D eigenvalue weighted by molar-refractivity contribution is -0.139. The molecule has 0 aromatic heterocycles. The molecule has 0 bridgehead atoms. The van der Waals surface area contributed by atoms with Crippen LogP contribution in [0.25, 0.3) is 0 Å². The lowest BCUT2D eigenvalue weighted by Gasteiger charge is -2.16. The van der Waals surface area contributed by atoms with Crippen LogP contribution in [0.1, 0.15) is 39.5 Å². The molecular formula is C19H19NO4. The molecule has 2 aromatic carbocycles. The van der Waals surface area contributed by atoms with Gasteiger partial charge in [0.05, 0.1) is 7.11 Å². The topological polar surface area (TPSA) is 75.6 Å². The molecule has 3 rings (SSSR count). The number of carbonyl (C=O) groups excluding carboxylic acids is 1. The van der Waals surface area contributed by atoms with Gasteiger partial charge in [-0.15, -0.1) is 0 Å². The first-order valence-corrected chi connectivity index (χ1v) is 7.88. The second-order valence-electron chi connectivity index (χ2n) is 5.86. The summed E-state index contributed by atoms with van der Waals surface area (Å²) in [5.41, 5.74) is 3.41. The van der Waals surface area contributed by atoms with Gasteiger partial charge in [-0.3, -0.25) is 4.79 Å². The zero-order valence-corrected chi connectivity index (χ0v) is 13.4. The molecule has 124 valence electrons. The van der Waals surface area contributed by atoms with Gasteiger partial charge in [0.1, 0.15) is 5.75 Å². The number of carboxylic acids is 1. The van der Waals surface area contributed by atoms with Gasteiger partial charge in [-0.2, -0.15) is 0 Å². The molecule has 0 radical (unpaired) electrons. The molecule has 0 fully saturated rings. The Bertz CT molecular complexity index is 785. The summed E-state index contributed by atoms with van der Waals surface area (Å²) in [5.74, 6) is -0.955. The monoisotopic (exact) mass is 325 g/mol. The van der Waals surface area contributed by atoms with Gasteiger partial charge in [0, 0.05) is 5.56 Å². The Labute approximate surface area is 140 Å². The molecule has 0 saturated carbocycles. The van der Waals surface area contributed by atoms with Crippen LogP contribution in [0.3, 0.4) is 0 Å². The zero-order chi connectivity index (χ0) is 17.1. The molecule has 0 aliphatic heterocycles. The third-order valence-electron chi connectivity index (χ3n) is 4.31. The van der Waals surface area contributed by atoms with Gasteiger partial charge in [-0.05, 0) is 60.2 Å². The molecule has 1 aliphatic rings. The van der Waals surface area contributed by atoms with Crippen molar-refractivity contribution < 1.29 is 19.4 Å². The van der Waals surface area contributed by atoms with Gasteiger partial charge in [-0.25, -0.2) is 4.79 Å². The van der Waals surface area contributed by atoms with Crippen LogP contribution in [0.15, 0.2) is 42.5 Å². The van der Waals surface area contributed by atoms with E-state index in [4.69, 9.17) is 4.74 Å². The molecule has 1 unspecified atom stereocenters. The van der Waals surface area contributed by atoms with Crippen molar-refractivity contribution in [1.82, 2.24) is 5.32 Å². The number of nitrogens with one attached hydrogen (secondary N) is 1. The summed E-state index contributed by atoms with van der Waals surface area (Å²) < 4.78 is 5.12. The van der Waals surface area contributed by atoms with E-state index < -0.39 is 12.0 Å². The molecule has 2 N–H and O–H groups in total. The number of aliphatic carboxylic acids is 1. The Kier molecular flexibility index (Phi) is 4.51. The van der Waals surface area contributed by atoms with E-state index in [-0.39, 0.29) is 5.91 Å². The van der Waals surface area contributed by atoms with Crippen LogP contribution in [-0.2, 0) is 17.6 Å². The lowest BCUT2D eigenvalue weighted by Crippen LogP contribution is -2.33. The molecule has 1 amide bonds. The third-order valence-corrected chi connectivity index (χ3v) is 4.31. The molecule has 5 heteroatoms. The molecule has 2 aromatic rings. The summed E-state index contributed by atoms with van der Waals surface area (Å²) in [6, 6.07) is 11.1. The highest BCUT2D eigenvalue weighted by molar-refractivity contribution is 5.97. The Morgan fingerprint density at radius 1 is 1.12 bits per heavy atom. The number of benzene rings is 2. The number of aryl methyl sites for hydroxylation is 2. The SMILES string of the molecule is COc1cccc(C(NC(=O)c2ccc3c(c2)CCC3)C(=O)O)c1. The van der Waals surface area contributed by atoms with E-state index in [1.807, 2.05) is 12.1 Å². The normalized spacial score (nSPS) is 13.9. The van der Waals surface area contributed by atoms with Crippen molar-refractivity contribution in [1.29, 1.82) is 0 Å². The average molecular weight is 325 g/mol. The van der Waals surface area contributed by atoms with Crippen LogP contribution in [0, 0.1) is 0 Å². The second-order valence-corrected chi connectivity index (χ2v) is 5.86. The molecule has 0 spiro atoms. The van der Waals surface area contributed by atoms with Crippen LogP contribution in [0.4, 0.5) is 0 Å². The summed E-state index contributed by atoms with van der Waals surface area (Å²) in [6.45, 7) is 0. The largest absolute Gasteiger partial charge is 0.497 e. The smallest absolute Gasteiger partial charge is 0.330 e. The number of carbonyl (C=O) groups is 2. The summed E-state index contributed by atoms with van der Waals surface area (Å²) in [6.07, 6.45) is 3.11. The van der Waals surface area contributed by atoms with E-state index >= 15 is 0 Å². The number of rotatable bonds is 5. The van der Waals surface area contributed by atoms with Crippen LogP contribution in [0.5, 0.6) is 5.75 Å². The Balaban J connectivity index is 1.82. The highest BCUT2D eigenvalue weighted by atomic mass is 16.5. The quantitative estimate of drug-likeness (QED) is 0.886. The fourth-order valence-corrected chi connectivity index (χ4v) is 3.04. The summed E-state index contributed by atoms with van der Waals surface area (Å²) in [7, 11) is 1.51. The van der Waals surface area contributed by atoms with E-state index in [0.29, 0.717) is 16.9 Å². The molecule has 1 aliphatic carbocycles. The van der Waals surface area contributed by atoms with E-state index in [0.717, 1.165) is 19.3 Å². The average Bonchev–Trinajstić information content (AvgIpc) is 3.06. The number of carboxylic acid groups (broad SMARTS) is 1. The molecule has 0 saturated heterocycles. The van der Waals surface area contributed by atoms with Crippen LogP contribution >= 0.6 is 0 Å². The van der Waals surface area contributed by atoms with Crippen molar-refractivity contribution >= 4 is 11.9 Å². The minimum atomic E-state index is -1.12. The first-order valence-electron chi connectivity index (χ1n) is 7.88. The van der Waals surface area contributed by atoms with Crippen LogP contribution in [-0.4, -0.2) is 24.1 Å². The van der Waals surface area contributed by atoms with Gasteiger partial charge in [0.15, 0.2) is 6.04 Å². The first kappa shape index (κ1) is 16.1. The maximum atomic E-state index is 12.5.